The summed E-state index contributed by atoms with van der Waals surface area (Å²) >= 11 is 0. The van der Waals surface area contributed by atoms with Gasteiger partial charge in [-0.05, 0) is 92.4 Å². The maximum absolute atomic E-state index is 5.65. The van der Waals surface area contributed by atoms with Gasteiger partial charge in [0.1, 0.15) is 0 Å². The van der Waals surface area contributed by atoms with E-state index < -0.39 is 0 Å². The first-order valence-electron chi connectivity index (χ1n) is 15.6. The van der Waals surface area contributed by atoms with Crippen molar-refractivity contribution in [3.05, 3.63) is 23.8 Å². The summed E-state index contributed by atoms with van der Waals surface area (Å²) < 4.78 is 11.2. The highest BCUT2D eigenvalue weighted by Gasteiger charge is 2.34. The van der Waals surface area contributed by atoms with Crippen LogP contribution in [0.2, 0.25) is 0 Å². The van der Waals surface area contributed by atoms with E-state index in [1.54, 1.807) is 5.56 Å². The van der Waals surface area contributed by atoms with Gasteiger partial charge in [0.25, 0.3) is 0 Å². The topological polar surface area (TPSA) is 28.2 Å². The Morgan fingerprint density at radius 2 is 1.50 bits per heavy atom. The van der Waals surface area contributed by atoms with E-state index in [1.165, 1.54) is 82.4 Å². The van der Waals surface area contributed by atoms with Crippen molar-refractivity contribution < 1.29 is 9.47 Å². The number of hydrogen-bond donors (Lipinski definition) is 0. The van der Waals surface area contributed by atoms with Crippen molar-refractivity contribution in [1.82, 2.24) is 4.90 Å². The van der Waals surface area contributed by atoms with E-state index in [1.807, 2.05) is 7.11 Å². The van der Waals surface area contributed by atoms with E-state index in [9.17, 15) is 0 Å². The smallest absolute Gasteiger partial charge is 0.0605 e. The van der Waals surface area contributed by atoms with Gasteiger partial charge in [-0.2, -0.15) is 0 Å². The van der Waals surface area contributed by atoms with Gasteiger partial charge in [0.05, 0.1) is 6.10 Å². The fraction of sp³-hybridized carbons (Fsp3) is 0.812. The molecule has 5 nitrogen and oxygen atoms in total. The molecular formula is C32H54ClN3O2. The molecule has 3 saturated heterocycles. The quantitative estimate of drug-likeness (QED) is 0.359. The normalized spacial score (nSPS) is 24.4. The van der Waals surface area contributed by atoms with E-state index in [2.05, 4.69) is 46.7 Å². The van der Waals surface area contributed by atoms with Crippen molar-refractivity contribution in [2.24, 2.45) is 11.3 Å². The Hall–Kier alpha value is -1.01. The lowest BCUT2D eigenvalue weighted by Crippen LogP contribution is -2.48. The number of halogens is 1. The maximum atomic E-state index is 5.65. The van der Waals surface area contributed by atoms with Crippen molar-refractivity contribution in [2.75, 3.05) is 75.9 Å². The SMILES string of the molecule is CCC1(CC)CCC(c2cc(N3CCC(OC)CC3)ccc2N2CCN(CC3CCOCC3)CC2)CC1.Cl. The summed E-state index contributed by atoms with van der Waals surface area (Å²) in [6.45, 7) is 15.0. The molecule has 38 heavy (non-hydrogen) atoms. The molecule has 0 radical (unpaired) electrons. The summed E-state index contributed by atoms with van der Waals surface area (Å²) in [5.41, 5.74) is 5.21. The Morgan fingerprint density at radius 1 is 0.842 bits per heavy atom. The molecule has 0 unspecified atom stereocenters. The molecule has 5 rings (SSSR count). The molecule has 3 aliphatic heterocycles. The molecule has 1 aliphatic carbocycles. The van der Waals surface area contributed by atoms with Crippen LogP contribution in [-0.2, 0) is 9.47 Å². The Morgan fingerprint density at radius 3 is 2.11 bits per heavy atom. The molecule has 4 fully saturated rings. The molecule has 1 aromatic rings. The molecule has 6 heteroatoms. The highest BCUT2D eigenvalue weighted by Crippen LogP contribution is 2.49. The first-order chi connectivity index (χ1) is 18.1. The van der Waals surface area contributed by atoms with E-state index in [4.69, 9.17) is 9.47 Å². The first-order valence-corrected chi connectivity index (χ1v) is 15.6. The highest BCUT2D eigenvalue weighted by molar-refractivity contribution is 5.85. The standard InChI is InChI=1S/C32H53N3O2.ClH/c1-4-32(5-2)14-8-27(9-15-32)30-24-28(34-16-10-29(36-3)11-17-34)6-7-31(30)35-20-18-33(19-21-35)25-26-12-22-37-23-13-26;/h6-7,24,26-27,29H,4-5,8-23,25H2,1-3H3;1H. The molecule has 216 valence electrons. The predicted octanol–water partition coefficient (Wildman–Crippen LogP) is 6.74. The molecular weight excluding hydrogens is 494 g/mol. The zero-order valence-electron chi connectivity index (χ0n) is 24.5. The molecule has 0 aromatic heterocycles. The highest BCUT2D eigenvalue weighted by atomic mass is 35.5. The average Bonchev–Trinajstić information content (AvgIpc) is 2.98. The van der Waals surface area contributed by atoms with Gasteiger partial charge in [0, 0.05) is 77.5 Å². The van der Waals surface area contributed by atoms with Crippen molar-refractivity contribution in [3.8, 4) is 0 Å². The number of methoxy groups -OCH3 is 1. The number of benzene rings is 1. The number of piperidine rings is 1. The molecule has 0 N–H and O–H groups in total. The first kappa shape index (κ1) is 30.0. The fourth-order valence-corrected chi connectivity index (χ4v) is 7.67. The van der Waals surface area contributed by atoms with Crippen LogP contribution in [0.15, 0.2) is 18.2 Å². The second kappa shape index (κ2) is 14.1. The monoisotopic (exact) mass is 547 g/mol. The Bertz CT molecular complexity index is 831. The van der Waals surface area contributed by atoms with Gasteiger partial charge < -0.3 is 19.3 Å². The van der Waals surface area contributed by atoms with Gasteiger partial charge in [0.2, 0.25) is 0 Å². The van der Waals surface area contributed by atoms with Crippen LogP contribution >= 0.6 is 12.4 Å². The van der Waals surface area contributed by atoms with Crippen LogP contribution < -0.4 is 9.80 Å². The van der Waals surface area contributed by atoms with Gasteiger partial charge in [-0.1, -0.05) is 26.7 Å². The number of ether oxygens (including phenoxy) is 2. The lowest BCUT2D eigenvalue weighted by Gasteiger charge is -2.42. The van der Waals surface area contributed by atoms with Crippen molar-refractivity contribution in [3.63, 3.8) is 0 Å². The van der Waals surface area contributed by atoms with Gasteiger partial charge >= 0.3 is 0 Å². The zero-order valence-corrected chi connectivity index (χ0v) is 25.3. The molecule has 0 amide bonds. The van der Waals surface area contributed by atoms with Crippen molar-refractivity contribution in [2.45, 2.75) is 90.1 Å². The molecule has 0 atom stereocenters. The minimum absolute atomic E-state index is 0. The van der Waals surface area contributed by atoms with Crippen LogP contribution in [-0.4, -0.2) is 77.1 Å². The van der Waals surface area contributed by atoms with Gasteiger partial charge in [-0.25, -0.2) is 0 Å². The van der Waals surface area contributed by atoms with E-state index in [0.29, 0.717) is 17.4 Å². The third kappa shape index (κ3) is 7.00. The molecule has 0 spiro atoms. The lowest BCUT2D eigenvalue weighted by atomic mass is 9.66. The maximum Gasteiger partial charge on any atom is 0.0605 e. The Labute approximate surface area is 239 Å². The minimum Gasteiger partial charge on any atom is -0.381 e. The van der Waals surface area contributed by atoms with Gasteiger partial charge in [-0.3, -0.25) is 4.90 Å². The molecule has 1 aromatic carbocycles. The largest absolute Gasteiger partial charge is 0.381 e. The summed E-state index contributed by atoms with van der Waals surface area (Å²) in [6.07, 6.45) is 13.4. The van der Waals surface area contributed by atoms with E-state index in [-0.39, 0.29) is 12.4 Å². The van der Waals surface area contributed by atoms with Crippen LogP contribution in [0.3, 0.4) is 0 Å². The third-order valence-corrected chi connectivity index (χ3v) is 10.7. The number of rotatable bonds is 8. The number of hydrogen-bond acceptors (Lipinski definition) is 5. The van der Waals surface area contributed by atoms with E-state index >= 15 is 0 Å². The molecule has 0 bridgehead atoms. The second-order valence-corrected chi connectivity index (χ2v) is 12.5. The summed E-state index contributed by atoms with van der Waals surface area (Å²) in [4.78, 5) is 8.05. The third-order valence-electron chi connectivity index (χ3n) is 10.7. The predicted molar refractivity (Wildman–Crippen MR) is 162 cm³/mol. The summed E-state index contributed by atoms with van der Waals surface area (Å²) in [5, 5.41) is 0. The summed E-state index contributed by atoms with van der Waals surface area (Å²) in [6, 6.07) is 7.51. The van der Waals surface area contributed by atoms with Crippen LogP contribution in [0.4, 0.5) is 11.4 Å². The summed E-state index contributed by atoms with van der Waals surface area (Å²) in [7, 11) is 1.87. The van der Waals surface area contributed by atoms with Crippen LogP contribution in [0, 0.1) is 11.3 Å². The molecule has 4 aliphatic rings. The second-order valence-electron chi connectivity index (χ2n) is 12.5. The average molecular weight is 548 g/mol. The Kier molecular flexibility index (Phi) is 11.1. The van der Waals surface area contributed by atoms with Crippen LogP contribution in [0.5, 0.6) is 0 Å². The van der Waals surface area contributed by atoms with Crippen molar-refractivity contribution in [1.29, 1.82) is 0 Å². The summed E-state index contributed by atoms with van der Waals surface area (Å²) in [5.74, 6) is 1.54. The fourth-order valence-electron chi connectivity index (χ4n) is 7.67. The Balaban J connectivity index is 0.00000336. The van der Waals surface area contributed by atoms with Crippen LogP contribution in [0.25, 0.3) is 0 Å². The number of anilines is 2. The number of nitrogens with zero attached hydrogens (tertiary/aromatic N) is 3. The van der Waals surface area contributed by atoms with Crippen molar-refractivity contribution >= 4 is 23.8 Å². The minimum atomic E-state index is 0. The molecule has 1 saturated carbocycles. The lowest BCUT2D eigenvalue weighted by molar-refractivity contribution is 0.0517. The van der Waals surface area contributed by atoms with E-state index in [0.717, 1.165) is 58.2 Å². The van der Waals surface area contributed by atoms with Gasteiger partial charge in [0.15, 0.2) is 0 Å². The number of piperazine rings is 1. The van der Waals surface area contributed by atoms with Crippen LogP contribution in [0.1, 0.15) is 89.5 Å². The van der Waals surface area contributed by atoms with Gasteiger partial charge in [-0.15, -0.1) is 12.4 Å². The zero-order chi connectivity index (χ0) is 25.7. The molecule has 3 heterocycles.